The van der Waals surface area contributed by atoms with Crippen LogP contribution in [0, 0.1) is 0 Å². The van der Waals surface area contributed by atoms with Crippen LogP contribution in [0.3, 0.4) is 0 Å². The molecular weight excluding hydrogens is 568 g/mol. The highest BCUT2D eigenvalue weighted by atomic mass is 32.2. The van der Waals surface area contributed by atoms with Crippen LogP contribution in [0.25, 0.3) is 0 Å². The number of benzene rings is 4. The number of rotatable bonds is 13. The third kappa shape index (κ3) is 9.44. The first kappa shape index (κ1) is 30.8. The number of nitrogens with one attached hydrogen (secondary N) is 2. The minimum Gasteiger partial charge on any atom is -0.484 e. The van der Waals surface area contributed by atoms with Crippen molar-refractivity contribution < 1.29 is 27.5 Å². The summed E-state index contributed by atoms with van der Waals surface area (Å²) in [6.45, 7) is 1.76. The average molecular weight is 601 g/mol. The number of carbonyl (C=O) groups excluding carboxylic acids is 2. The van der Waals surface area contributed by atoms with Crippen molar-refractivity contribution in [3.8, 4) is 17.2 Å². The van der Waals surface area contributed by atoms with E-state index in [1.807, 2.05) is 48.5 Å². The maximum absolute atomic E-state index is 12.8. The highest BCUT2D eigenvalue weighted by Crippen LogP contribution is 2.27. The number of nitrogens with zero attached hydrogens (tertiary/aromatic N) is 2. The van der Waals surface area contributed by atoms with Gasteiger partial charge in [-0.25, -0.2) is 13.8 Å². The van der Waals surface area contributed by atoms with Crippen LogP contribution in [0.2, 0.25) is 0 Å². The van der Waals surface area contributed by atoms with Crippen molar-refractivity contribution in [2.24, 2.45) is 5.10 Å². The monoisotopic (exact) mass is 600 g/mol. The Hall–Kier alpha value is -5.16. The molecule has 0 bridgehead atoms. The molecule has 11 heteroatoms. The van der Waals surface area contributed by atoms with Gasteiger partial charge >= 0.3 is 0 Å². The first-order valence-corrected chi connectivity index (χ1v) is 15.2. The summed E-state index contributed by atoms with van der Waals surface area (Å²) in [4.78, 5) is 24.9. The number of hydrogen-bond acceptors (Lipinski definition) is 7. The Labute approximate surface area is 251 Å². The number of amides is 2. The lowest BCUT2D eigenvalue weighted by Crippen LogP contribution is -2.46. The molecule has 0 aliphatic rings. The lowest BCUT2D eigenvalue weighted by molar-refractivity contribution is -0.123. The third-order valence-corrected chi connectivity index (χ3v) is 7.37. The average Bonchev–Trinajstić information content (AvgIpc) is 3.01. The van der Waals surface area contributed by atoms with E-state index in [-0.39, 0.29) is 12.5 Å². The standard InChI is InChI=1S/C32H32N4O6S/c1-24(36(43(2,39)40)27-15-19-30(20-16-27)42-29-11-7-4-8-12-29)32(38)35-34-22-26-13-17-28(18-14-26)41-23-31(37)33-21-25-9-5-3-6-10-25/h3-20,22,24H,21,23H2,1-2H3,(H,33,37)(H,35,38)/b34-22-/t24-/m0/s1. The Morgan fingerprint density at radius 3 is 2.05 bits per heavy atom. The van der Waals surface area contributed by atoms with Crippen molar-refractivity contribution >= 4 is 33.7 Å². The van der Waals surface area contributed by atoms with Crippen molar-refractivity contribution in [1.29, 1.82) is 0 Å². The van der Waals surface area contributed by atoms with Gasteiger partial charge in [0.15, 0.2) is 6.61 Å². The maximum Gasteiger partial charge on any atom is 0.263 e. The predicted octanol–water partition coefficient (Wildman–Crippen LogP) is 4.48. The molecule has 0 aliphatic heterocycles. The first-order valence-electron chi connectivity index (χ1n) is 13.4. The lowest BCUT2D eigenvalue weighted by atomic mass is 10.2. The maximum atomic E-state index is 12.8. The van der Waals surface area contributed by atoms with Crippen molar-refractivity contribution in [2.45, 2.75) is 19.5 Å². The van der Waals surface area contributed by atoms with Gasteiger partial charge in [-0.05, 0) is 78.7 Å². The summed E-state index contributed by atoms with van der Waals surface area (Å²) < 4.78 is 37.5. The van der Waals surface area contributed by atoms with Gasteiger partial charge in [0.25, 0.3) is 11.8 Å². The van der Waals surface area contributed by atoms with Gasteiger partial charge < -0.3 is 14.8 Å². The van der Waals surface area contributed by atoms with Gasteiger partial charge in [0.1, 0.15) is 23.3 Å². The number of carbonyl (C=O) groups is 2. The van der Waals surface area contributed by atoms with Gasteiger partial charge in [0.2, 0.25) is 10.0 Å². The molecule has 0 saturated heterocycles. The number of anilines is 1. The molecular formula is C32H32N4O6S. The molecule has 2 N–H and O–H groups in total. The predicted molar refractivity (Wildman–Crippen MR) is 166 cm³/mol. The molecule has 0 aromatic heterocycles. The third-order valence-electron chi connectivity index (χ3n) is 6.13. The molecule has 1 atom stereocenters. The van der Waals surface area contributed by atoms with E-state index in [9.17, 15) is 18.0 Å². The van der Waals surface area contributed by atoms with E-state index >= 15 is 0 Å². The topological polar surface area (TPSA) is 126 Å². The summed E-state index contributed by atoms with van der Waals surface area (Å²) in [5.41, 5.74) is 4.35. The highest BCUT2D eigenvalue weighted by molar-refractivity contribution is 7.92. The van der Waals surface area contributed by atoms with Gasteiger partial charge in [-0.1, -0.05) is 48.5 Å². The number of para-hydroxylation sites is 1. The molecule has 4 aromatic carbocycles. The van der Waals surface area contributed by atoms with E-state index in [2.05, 4.69) is 15.8 Å². The number of ether oxygens (including phenoxy) is 2. The second kappa shape index (κ2) is 14.6. The van der Waals surface area contributed by atoms with Crippen LogP contribution in [0.5, 0.6) is 17.2 Å². The number of hydrogen-bond donors (Lipinski definition) is 2. The van der Waals surface area contributed by atoms with Crippen LogP contribution in [0.1, 0.15) is 18.1 Å². The van der Waals surface area contributed by atoms with Gasteiger partial charge in [0, 0.05) is 6.54 Å². The summed E-state index contributed by atoms with van der Waals surface area (Å²) in [5, 5.41) is 6.76. The van der Waals surface area contributed by atoms with E-state index in [0.29, 0.717) is 35.0 Å². The molecule has 0 heterocycles. The lowest BCUT2D eigenvalue weighted by Gasteiger charge is -2.27. The minimum absolute atomic E-state index is 0.131. The zero-order valence-corrected chi connectivity index (χ0v) is 24.5. The Bertz CT molecular complexity index is 1630. The first-order chi connectivity index (χ1) is 20.7. The fourth-order valence-electron chi connectivity index (χ4n) is 4.00. The van der Waals surface area contributed by atoms with Crippen LogP contribution < -0.4 is 24.5 Å². The largest absolute Gasteiger partial charge is 0.484 e. The fraction of sp³-hybridized carbons (Fsp3) is 0.156. The van der Waals surface area contributed by atoms with Crippen molar-refractivity contribution in [3.63, 3.8) is 0 Å². The van der Waals surface area contributed by atoms with E-state index in [4.69, 9.17) is 9.47 Å². The van der Waals surface area contributed by atoms with Crippen LogP contribution in [0.15, 0.2) is 114 Å². The molecule has 0 unspecified atom stereocenters. The smallest absolute Gasteiger partial charge is 0.263 e. The minimum atomic E-state index is -3.81. The zero-order valence-electron chi connectivity index (χ0n) is 23.7. The van der Waals surface area contributed by atoms with Gasteiger partial charge in [0.05, 0.1) is 18.2 Å². The molecule has 4 aromatic rings. The summed E-state index contributed by atoms with van der Waals surface area (Å²) in [5.74, 6) is 0.796. The highest BCUT2D eigenvalue weighted by Gasteiger charge is 2.29. The molecule has 0 saturated carbocycles. The van der Waals surface area contributed by atoms with Crippen LogP contribution in [0.4, 0.5) is 5.69 Å². The quantitative estimate of drug-likeness (QED) is 0.172. The van der Waals surface area contributed by atoms with Gasteiger partial charge in [-0.15, -0.1) is 0 Å². The Balaban J connectivity index is 1.28. The Morgan fingerprint density at radius 2 is 1.42 bits per heavy atom. The molecule has 0 spiro atoms. The summed E-state index contributed by atoms with van der Waals surface area (Å²) in [7, 11) is -3.81. The second-order valence-corrected chi connectivity index (χ2v) is 11.4. The second-order valence-electron chi connectivity index (χ2n) is 9.50. The SMILES string of the molecule is C[C@@H](C(=O)N/N=C\c1ccc(OCC(=O)NCc2ccccc2)cc1)N(c1ccc(Oc2ccccc2)cc1)S(C)(=O)=O. The van der Waals surface area contributed by atoms with Crippen LogP contribution >= 0.6 is 0 Å². The normalized spacial score (nSPS) is 11.9. The number of sulfonamides is 1. The van der Waals surface area contributed by atoms with Crippen molar-refractivity contribution in [1.82, 2.24) is 10.7 Å². The zero-order chi connectivity index (χ0) is 30.7. The van der Waals surface area contributed by atoms with Crippen LogP contribution in [-0.2, 0) is 26.2 Å². The molecule has 0 radical (unpaired) electrons. The van der Waals surface area contributed by atoms with E-state index < -0.39 is 22.0 Å². The molecule has 4 rings (SSSR count). The van der Waals surface area contributed by atoms with E-state index in [1.165, 1.54) is 13.1 Å². The Kier molecular flexibility index (Phi) is 10.5. The van der Waals surface area contributed by atoms with E-state index in [0.717, 1.165) is 16.1 Å². The van der Waals surface area contributed by atoms with Crippen LogP contribution in [-0.4, -0.2) is 45.4 Å². The van der Waals surface area contributed by atoms with Gasteiger partial charge in [-0.2, -0.15) is 5.10 Å². The van der Waals surface area contributed by atoms with Crippen molar-refractivity contribution in [2.75, 3.05) is 17.2 Å². The Morgan fingerprint density at radius 1 is 0.837 bits per heavy atom. The van der Waals surface area contributed by atoms with Gasteiger partial charge in [-0.3, -0.25) is 13.9 Å². The summed E-state index contributed by atoms with van der Waals surface area (Å²) >= 11 is 0. The number of hydrazone groups is 1. The molecule has 222 valence electrons. The molecule has 0 aliphatic carbocycles. The molecule has 0 fully saturated rings. The summed E-state index contributed by atoms with van der Waals surface area (Å²) in [6, 6.07) is 30.8. The molecule has 2 amide bonds. The molecule has 10 nitrogen and oxygen atoms in total. The fourth-order valence-corrected chi connectivity index (χ4v) is 5.18. The summed E-state index contributed by atoms with van der Waals surface area (Å²) in [6.07, 6.45) is 2.45. The molecule has 43 heavy (non-hydrogen) atoms. The van der Waals surface area contributed by atoms with E-state index in [1.54, 1.807) is 60.7 Å². The van der Waals surface area contributed by atoms with Crippen molar-refractivity contribution in [3.05, 3.63) is 120 Å².